The van der Waals surface area contributed by atoms with Crippen LogP contribution in [0.4, 0.5) is 0 Å². The van der Waals surface area contributed by atoms with Crippen LogP contribution in [0.15, 0.2) is 24.5 Å². The fraction of sp³-hybridized carbons (Fsp3) is 0.556. The lowest BCUT2D eigenvalue weighted by molar-refractivity contribution is -0.136. The zero-order valence-corrected chi connectivity index (χ0v) is 12.9. The Balaban J connectivity index is 1.44. The molecule has 1 aliphatic heterocycles. The maximum Gasteiger partial charge on any atom is 0.225 e. The van der Waals surface area contributed by atoms with Gasteiger partial charge >= 0.3 is 0 Å². The van der Waals surface area contributed by atoms with Crippen molar-refractivity contribution in [2.75, 3.05) is 13.1 Å². The number of amides is 1. The Morgan fingerprint density at radius 3 is 2.73 bits per heavy atom. The Morgan fingerprint density at radius 1 is 1.18 bits per heavy atom. The molecule has 1 saturated heterocycles. The predicted molar refractivity (Wildman–Crippen MR) is 86.6 cm³/mol. The van der Waals surface area contributed by atoms with Gasteiger partial charge in [0, 0.05) is 31.4 Å². The highest BCUT2D eigenvalue weighted by Crippen LogP contribution is 2.34. The van der Waals surface area contributed by atoms with Gasteiger partial charge in [0.2, 0.25) is 5.91 Å². The Kier molecular flexibility index (Phi) is 3.60. The van der Waals surface area contributed by atoms with Gasteiger partial charge in [-0.2, -0.15) is 0 Å². The summed E-state index contributed by atoms with van der Waals surface area (Å²) in [6, 6.07) is 4.04. The monoisotopic (exact) mass is 297 g/mol. The second-order valence-electron chi connectivity index (χ2n) is 6.72. The quantitative estimate of drug-likeness (QED) is 0.923. The van der Waals surface area contributed by atoms with E-state index in [1.807, 2.05) is 12.3 Å². The summed E-state index contributed by atoms with van der Waals surface area (Å²) < 4.78 is 0. The Morgan fingerprint density at radius 2 is 1.95 bits per heavy atom. The summed E-state index contributed by atoms with van der Waals surface area (Å²) in [4.78, 5) is 22.5. The van der Waals surface area contributed by atoms with Crippen LogP contribution in [0.2, 0.25) is 0 Å². The van der Waals surface area contributed by atoms with Crippen LogP contribution < -0.4 is 0 Å². The molecular weight excluding hydrogens is 274 g/mol. The van der Waals surface area contributed by atoms with Crippen molar-refractivity contribution in [1.29, 1.82) is 0 Å². The van der Waals surface area contributed by atoms with E-state index in [0.29, 0.717) is 17.7 Å². The minimum absolute atomic E-state index is 0.311. The van der Waals surface area contributed by atoms with Crippen molar-refractivity contribution in [1.82, 2.24) is 14.9 Å². The molecule has 2 aliphatic rings. The summed E-state index contributed by atoms with van der Waals surface area (Å²) in [5.41, 5.74) is 3.54. The van der Waals surface area contributed by atoms with Gasteiger partial charge in [0.05, 0.1) is 11.0 Å². The zero-order valence-electron chi connectivity index (χ0n) is 12.9. The number of nitrogens with zero attached hydrogens (tertiary/aromatic N) is 2. The van der Waals surface area contributed by atoms with Crippen LogP contribution in [0.3, 0.4) is 0 Å². The number of carbonyl (C=O) groups excluding carboxylic acids is 1. The summed E-state index contributed by atoms with van der Waals surface area (Å²) in [5, 5.41) is 0. The van der Waals surface area contributed by atoms with Crippen molar-refractivity contribution in [3.05, 3.63) is 30.1 Å². The van der Waals surface area contributed by atoms with Crippen LogP contribution >= 0.6 is 0 Å². The second kappa shape index (κ2) is 5.75. The van der Waals surface area contributed by atoms with Gasteiger partial charge in [-0.1, -0.05) is 12.8 Å². The molecule has 0 radical (unpaired) electrons. The minimum atomic E-state index is 0.311. The van der Waals surface area contributed by atoms with Crippen LogP contribution in [-0.2, 0) is 4.79 Å². The lowest BCUT2D eigenvalue weighted by Crippen LogP contribution is -2.40. The molecule has 2 aromatic rings. The average molecular weight is 297 g/mol. The van der Waals surface area contributed by atoms with E-state index in [1.165, 1.54) is 18.4 Å². The third-order valence-electron chi connectivity index (χ3n) is 5.42. The first-order chi connectivity index (χ1) is 10.8. The number of aromatic nitrogens is 2. The summed E-state index contributed by atoms with van der Waals surface area (Å²) in [7, 11) is 0. The summed E-state index contributed by atoms with van der Waals surface area (Å²) in [6.07, 6.45) is 10.7. The Hall–Kier alpha value is -1.84. The van der Waals surface area contributed by atoms with Crippen molar-refractivity contribution < 1.29 is 4.79 Å². The van der Waals surface area contributed by atoms with Crippen molar-refractivity contribution >= 4 is 16.9 Å². The normalized spacial score (nSPS) is 20.8. The lowest BCUT2D eigenvalue weighted by Gasteiger charge is -2.33. The molecular formula is C18H23N3O. The molecule has 3 heterocycles. The highest BCUT2D eigenvalue weighted by molar-refractivity contribution is 5.80. The molecule has 0 bridgehead atoms. The molecule has 0 unspecified atom stereocenters. The highest BCUT2D eigenvalue weighted by Gasteiger charge is 2.31. The number of pyridine rings is 1. The summed E-state index contributed by atoms with van der Waals surface area (Å²) in [6.45, 7) is 1.80. The number of piperidine rings is 1. The van der Waals surface area contributed by atoms with Crippen molar-refractivity contribution in [2.45, 2.75) is 44.4 Å². The maximum atomic E-state index is 12.5. The molecule has 4 heteroatoms. The standard InChI is InChI=1S/C18H23N3O/c22-18(14-4-1-2-5-14)21-10-7-13(8-11-21)15-12-20-16-6-3-9-19-17(15)16/h3,6,9,12-14,20H,1-2,4-5,7-8,10-11H2. The van der Waals surface area contributed by atoms with Gasteiger partial charge in [-0.05, 0) is 49.3 Å². The van der Waals surface area contributed by atoms with Crippen LogP contribution in [0.5, 0.6) is 0 Å². The SMILES string of the molecule is O=C(C1CCCC1)N1CCC(c2c[nH]c3cccnc23)CC1. The van der Waals surface area contributed by atoms with Crippen molar-refractivity contribution in [2.24, 2.45) is 5.92 Å². The first-order valence-electron chi connectivity index (χ1n) is 8.54. The topological polar surface area (TPSA) is 49.0 Å². The molecule has 1 N–H and O–H groups in total. The van der Waals surface area contributed by atoms with Gasteiger partial charge in [-0.3, -0.25) is 9.78 Å². The number of hydrogen-bond acceptors (Lipinski definition) is 2. The van der Waals surface area contributed by atoms with Gasteiger partial charge in [-0.25, -0.2) is 0 Å². The molecule has 0 aromatic carbocycles. The summed E-state index contributed by atoms with van der Waals surface area (Å²) >= 11 is 0. The van der Waals surface area contributed by atoms with Crippen LogP contribution in [0.25, 0.3) is 11.0 Å². The van der Waals surface area contributed by atoms with E-state index >= 15 is 0 Å². The van der Waals surface area contributed by atoms with E-state index in [-0.39, 0.29) is 0 Å². The Labute approximate surface area is 130 Å². The number of fused-ring (bicyclic) bond motifs is 1. The van der Waals surface area contributed by atoms with Crippen molar-refractivity contribution in [3.8, 4) is 0 Å². The van der Waals surface area contributed by atoms with Crippen LogP contribution in [0.1, 0.15) is 50.0 Å². The molecule has 4 nitrogen and oxygen atoms in total. The van der Waals surface area contributed by atoms with E-state index in [4.69, 9.17) is 0 Å². The number of carbonyl (C=O) groups is 1. The number of nitrogens with one attached hydrogen (secondary N) is 1. The first-order valence-corrected chi connectivity index (χ1v) is 8.54. The molecule has 1 saturated carbocycles. The number of aromatic amines is 1. The average Bonchev–Trinajstić information content (AvgIpc) is 3.24. The van der Waals surface area contributed by atoms with Gasteiger partial charge in [-0.15, -0.1) is 0 Å². The zero-order chi connectivity index (χ0) is 14.9. The van der Waals surface area contributed by atoms with Gasteiger partial charge in [0.25, 0.3) is 0 Å². The number of H-pyrrole nitrogens is 1. The van der Waals surface area contributed by atoms with Crippen molar-refractivity contribution in [3.63, 3.8) is 0 Å². The van der Waals surface area contributed by atoms with E-state index in [9.17, 15) is 4.79 Å². The molecule has 1 aliphatic carbocycles. The molecule has 116 valence electrons. The molecule has 0 spiro atoms. The molecule has 2 aromatic heterocycles. The third kappa shape index (κ3) is 2.40. The Bertz CT molecular complexity index is 664. The minimum Gasteiger partial charge on any atom is -0.360 e. The van der Waals surface area contributed by atoms with E-state index < -0.39 is 0 Å². The van der Waals surface area contributed by atoms with Gasteiger partial charge in [0.15, 0.2) is 0 Å². The van der Waals surface area contributed by atoms with E-state index in [1.54, 1.807) is 0 Å². The van der Waals surface area contributed by atoms with Gasteiger partial charge in [0.1, 0.15) is 0 Å². The molecule has 2 fully saturated rings. The molecule has 22 heavy (non-hydrogen) atoms. The summed E-state index contributed by atoms with van der Waals surface area (Å²) in [5.74, 6) is 1.25. The highest BCUT2D eigenvalue weighted by atomic mass is 16.2. The van der Waals surface area contributed by atoms with E-state index in [0.717, 1.165) is 49.8 Å². The smallest absolute Gasteiger partial charge is 0.225 e. The predicted octanol–water partition coefficient (Wildman–Crippen LogP) is 3.46. The van der Waals surface area contributed by atoms with Crippen LogP contribution in [0, 0.1) is 5.92 Å². The largest absolute Gasteiger partial charge is 0.360 e. The molecule has 1 amide bonds. The molecule has 4 rings (SSSR count). The lowest BCUT2D eigenvalue weighted by atomic mass is 9.89. The fourth-order valence-corrected chi connectivity index (χ4v) is 4.13. The number of rotatable bonds is 2. The van der Waals surface area contributed by atoms with Gasteiger partial charge < -0.3 is 9.88 Å². The molecule has 0 atom stereocenters. The fourth-order valence-electron chi connectivity index (χ4n) is 4.13. The second-order valence-corrected chi connectivity index (χ2v) is 6.72. The number of hydrogen-bond donors (Lipinski definition) is 1. The maximum absolute atomic E-state index is 12.5. The van der Waals surface area contributed by atoms with E-state index in [2.05, 4.69) is 27.1 Å². The number of likely N-dealkylation sites (tertiary alicyclic amines) is 1. The third-order valence-corrected chi connectivity index (χ3v) is 5.42. The van der Waals surface area contributed by atoms with Crippen LogP contribution in [-0.4, -0.2) is 33.9 Å². The first kappa shape index (κ1) is 13.8.